The minimum Gasteiger partial charge on any atom is -0.508 e. The van der Waals surface area contributed by atoms with Crippen LogP contribution in [0.25, 0.3) is 0 Å². The number of fused-ring (bicyclic) bond motifs is 2. The summed E-state index contributed by atoms with van der Waals surface area (Å²) in [5, 5.41) is 89.8. The van der Waals surface area contributed by atoms with Gasteiger partial charge in [-0.15, -0.1) is 0 Å². The molecule has 19 nitrogen and oxygen atoms in total. The lowest BCUT2D eigenvalue weighted by atomic mass is 9.69. The summed E-state index contributed by atoms with van der Waals surface area (Å²) in [6.45, 7) is 18.3. The van der Waals surface area contributed by atoms with Crippen molar-refractivity contribution in [2.45, 2.75) is 219 Å². The molecule has 1 spiro atoms. The first-order valence-corrected chi connectivity index (χ1v) is 29.0. The first-order chi connectivity index (χ1) is 37.3. The maximum Gasteiger partial charge on any atom is 0.325 e. The maximum atomic E-state index is 14.3. The van der Waals surface area contributed by atoms with E-state index in [1.54, 1.807) is 32.1 Å². The Labute approximate surface area is 468 Å². The van der Waals surface area contributed by atoms with Gasteiger partial charge in [-0.1, -0.05) is 97.9 Å². The molecule has 20 atom stereocenters. The van der Waals surface area contributed by atoms with Gasteiger partial charge in [0.25, 0.3) is 0 Å². The van der Waals surface area contributed by atoms with Crippen molar-refractivity contribution < 1.29 is 69.2 Å². The van der Waals surface area contributed by atoms with Crippen LogP contribution in [0.15, 0.2) is 60.2 Å². The minimum atomic E-state index is -1.49. The molecule has 1 aromatic carbocycles. The highest BCUT2D eigenvalue weighted by Gasteiger charge is 2.57. The number of phenolic OH excluding ortho intramolecular Hbond substituents is 1. The number of hydrogen-bond acceptors (Lipinski definition) is 16. The van der Waals surface area contributed by atoms with Crippen molar-refractivity contribution in [2.24, 2.45) is 47.3 Å². The molecule has 3 fully saturated rings. The van der Waals surface area contributed by atoms with Crippen LogP contribution < -0.4 is 21.4 Å². The summed E-state index contributed by atoms with van der Waals surface area (Å²) in [6.07, 6.45) is 3.96. The normalized spacial score (nSPS) is 36.8. The highest BCUT2D eigenvalue weighted by molar-refractivity contribution is 5.89. The van der Waals surface area contributed by atoms with Crippen LogP contribution in [0, 0.1) is 47.3 Å². The van der Waals surface area contributed by atoms with Crippen LogP contribution >= 0.6 is 0 Å². The van der Waals surface area contributed by atoms with E-state index in [4.69, 9.17) is 9.47 Å². The molecule has 11 N–H and O–H groups in total. The van der Waals surface area contributed by atoms with Gasteiger partial charge in [-0.25, -0.2) is 10.4 Å². The van der Waals surface area contributed by atoms with E-state index in [-0.39, 0.29) is 92.1 Å². The number of aliphatic hydroxyl groups excluding tert-OH is 6. The number of esters is 1. The van der Waals surface area contributed by atoms with Crippen LogP contribution in [0.4, 0.5) is 0 Å². The number of ketones is 1. The lowest BCUT2D eigenvalue weighted by Crippen LogP contribution is -2.71. The lowest BCUT2D eigenvalue weighted by Gasteiger charge is -2.56. The van der Waals surface area contributed by atoms with E-state index in [2.05, 4.69) is 28.3 Å². The van der Waals surface area contributed by atoms with E-state index in [0.717, 1.165) is 6.42 Å². The molecule has 4 heterocycles. The molecule has 444 valence electrons. The third-order valence-corrected chi connectivity index (χ3v) is 17.4. The third-order valence-electron chi connectivity index (χ3n) is 17.4. The van der Waals surface area contributed by atoms with Crippen molar-refractivity contribution in [1.29, 1.82) is 0 Å². The van der Waals surface area contributed by atoms with Gasteiger partial charge in [-0.05, 0) is 100 Å². The molecule has 2 bridgehead atoms. The Kier molecular flexibility index (Phi) is 24.7. The Bertz CT molecular complexity index is 2280. The van der Waals surface area contributed by atoms with Gasteiger partial charge in [-0.2, -0.15) is 0 Å². The second-order valence-electron chi connectivity index (χ2n) is 23.8. The first kappa shape index (κ1) is 65.2. The average Bonchev–Trinajstić information content (AvgIpc) is 3.58. The molecule has 20 unspecified atom stereocenters. The van der Waals surface area contributed by atoms with E-state index in [1.807, 2.05) is 52.8 Å². The number of rotatable bonds is 15. The van der Waals surface area contributed by atoms with Crippen LogP contribution in [0.1, 0.15) is 145 Å². The van der Waals surface area contributed by atoms with Gasteiger partial charge in [0.05, 0.1) is 48.6 Å². The Hall–Kier alpha value is -4.57. The standard InChI is InChI=1S/C60H95N5O14/c1-11-42-28-36(6)60(63-55(42)73)40(10)53(71)39(9)51(79-60)32-48(69)34(4)18-13-12-14-19-35(5)50-24-16-22-44(68)31-49(70)38(8)54(72)45(26-25-37(7)66)56(74)62-52(33(2)3)57(75)61-47(30-41-20-15-21-43(67)29-41)58(76)65-27-17-23-46(64-65)59(77)78-50/h12,14-16,19-22,29,33-34,36,38-40,42,44-54,58,64,67-72,76H,11,13,17-18,23-28,30-32H2,1-10H3,(H,61,75)(H,62,74)(H,63,73). The number of carbonyl (C=O) groups excluding carboxylic acids is 5. The molecule has 5 rings (SSSR count). The van der Waals surface area contributed by atoms with Crippen molar-refractivity contribution in [1.82, 2.24) is 26.4 Å². The van der Waals surface area contributed by atoms with Gasteiger partial charge in [0, 0.05) is 61.8 Å². The van der Waals surface area contributed by atoms with Crippen LogP contribution in [0.3, 0.4) is 0 Å². The number of hydrazine groups is 1. The summed E-state index contributed by atoms with van der Waals surface area (Å²) in [5.74, 6) is -5.90. The molecule has 0 saturated carbocycles. The summed E-state index contributed by atoms with van der Waals surface area (Å²) in [7, 11) is 0. The van der Waals surface area contributed by atoms with Gasteiger partial charge in [0.2, 0.25) is 17.7 Å². The number of nitrogens with one attached hydrogen (secondary N) is 4. The number of ether oxygens (including phenoxy) is 2. The highest BCUT2D eigenvalue weighted by atomic mass is 16.5. The largest absolute Gasteiger partial charge is 0.508 e. The quantitative estimate of drug-likeness (QED) is 0.0660. The van der Waals surface area contributed by atoms with Crippen molar-refractivity contribution >= 4 is 29.5 Å². The monoisotopic (exact) mass is 1110 g/mol. The molecule has 4 aliphatic rings. The van der Waals surface area contributed by atoms with Gasteiger partial charge in [0.1, 0.15) is 41.7 Å². The third kappa shape index (κ3) is 17.5. The second kappa shape index (κ2) is 29.9. The van der Waals surface area contributed by atoms with Crippen molar-refractivity contribution in [3.05, 3.63) is 65.8 Å². The average molecular weight is 1110 g/mol. The summed E-state index contributed by atoms with van der Waals surface area (Å²) in [5.41, 5.74) is 3.34. The molecule has 79 heavy (non-hydrogen) atoms. The van der Waals surface area contributed by atoms with E-state index in [0.29, 0.717) is 43.2 Å². The number of Topliss-reactive ketones (excluding diaryl/α,β-unsaturated/α-hetero) is 1. The Morgan fingerprint density at radius 2 is 1.66 bits per heavy atom. The minimum absolute atomic E-state index is 0.0272. The number of cyclic esters (lactones) is 1. The highest BCUT2D eigenvalue weighted by Crippen LogP contribution is 2.46. The molecule has 1 aromatic rings. The summed E-state index contributed by atoms with van der Waals surface area (Å²) in [6, 6.07) is 3.20. The summed E-state index contributed by atoms with van der Waals surface area (Å²) in [4.78, 5) is 67.9. The lowest BCUT2D eigenvalue weighted by molar-refractivity contribution is -0.267. The fourth-order valence-corrected chi connectivity index (χ4v) is 11.8. The van der Waals surface area contributed by atoms with Crippen LogP contribution in [-0.2, 0) is 39.9 Å². The van der Waals surface area contributed by atoms with E-state index < -0.39 is 108 Å². The topological polar surface area (TPSA) is 297 Å². The van der Waals surface area contributed by atoms with Crippen molar-refractivity contribution in [3.8, 4) is 5.75 Å². The van der Waals surface area contributed by atoms with E-state index in [9.17, 15) is 59.7 Å². The number of amides is 3. The zero-order chi connectivity index (χ0) is 58.5. The molecule has 19 heteroatoms. The predicted molar refractivity (Wildman–Crippen MR) is 298 cm³/mol. The molecule has 3 saturated heterocycles. The number of allylic oxidation sites excluding steroid dienone is 3. The van der Waals surface area contributed by atoms with E-state index >= 15 is 0 Å². The maximum absolute atomic E-state index is 14.3. The van der Waals surface area contributed by atoms with Crippen molar-refractivity contribution in [2.75, 3.05) is 6.54 Å². The summed E-state index contributed by atoms with van der Waals surface area (Å²) >= 11 is 0. The molecule has 0 radical (unpaired) electrons. The van der Waals surface area contributed by atoms with Crippen molar-refractivity contribution in [3.63, 3.8) is 0 Å². The van der Waals surface area contributed by atoms with Crippen LogP contribution in [0.2, 0.25) is 0 Å². The number of benzene rings is 1. The number of carbonyl (C=O) groups is 5. The fraction of sp³-hybridized carbons (Fsp3) is 0.717. The Balaban J connectivity index is 1.35. The van der Waals surface area contributed by atoms with Gasteiger partial charge in [0.15, 0.2) is 0 Å². The molecule has 3 amide bonds. The smallest absolute Gasteiger partial charge is 0.325 e. The zero-order valence-corrected chi connectivity index (χ0v) is 48.3. The number of aliphatic hydroxyl groups is 6. The molecular formula is C60H95N5O14. The number of nitrogens with zero attached hydrogens (tertiary/aromatic N) is 1. The van der Waals surface area contributed by atoms with Gasteiger partial charge in [-0.3, -0.25) is 19.2 Å². The van der Waals surface area contributed by atoms with Gasteiger partial charge >= 0.3 is 5.97 Å². The SMILES string of the molecule is CCC1CC(C)C2(NC1=O)OC(CC(O)C(C)CCC=CC=C(C)C1CC=CC(O)CC(O)C(C)C(O)C(CCC(C)=O)C(=O)NC(C(C)C)C(=O)NC(Cc3cccc(O)c3)C(O)N3CCCC(N3)C(=O)O1)C(C)C(O)C2C. The molecule has 4 aliphatic heterocycles. The second-order valence-corrected chi connectivity index (χ2v) is 23.8. The Morgan fingerprint density at radius 1 is 0.937 bits per heavy atom. The van der Waals surface area contributed by atoms with Gasteiger partial charge < -0.3 is 66.0 Å². The Morgan fingerprint density at radius 3 is 2.33 bits per heavy atom. The zero-order valence-electron chi connectivity index (χ0n) is 48.3. The number of phenols is 1. The van der Waals surface area contributed by atoms with Crippen LogP contribution in [-0.4, -0.2) is 150 Å². The van der Waals surface area contributed by atoms with E-state index in [1.165, 1.54) is 37.1 Å². The number of aromatic hydroxyl groups is 1. The first-order valence-electron chi connectivity index (χ1n) is 29.0. The van der Waals surface area contributed by atoms with Crippen LogP contribution in [0.5, 0.6) is 5.75 Å². The molecule has 0 aliphatic carbocycles. The fourth-order valence-electron chi connectivity index (χ4n) is 11.8. The summed E-state index contributed by atoms with van der Waals surface area (Å²) < 4.78 is 12.9. The predicted octanol–water partition coefficient (Wildman–Crippen LogP) is 4.39. The number of hydrogen-bond donors (Lipinski definition) is 11. The molecule has 0 aromatic heterocycles. The molecular weight excluding hydrogens is 1010 g/mol. The number of piperidine rings is 1.